The van der Waals surface area contributed by atoms with E-state index in [1.54, 1.807) is 41.3 Å². The Morgan fingerprint density at radius 1 is 0.811 bits per heavy atom. The van der Waals surface area contributed by atoms with Gasteiger partial charge in [0.2, 0.25) is 0 Å². The fourth-order valence-corrected chi connectivity index (χ4v) is 7.01. The van der Waals surface area contributed by atoms with E-state index in [0.717, 1.165) is 45.4 Å². The highest BCUT2D eigenvalue weighted by atomic mass is 19.1. The quantitative estimate of drug-likeness (QED) is 0.135. The summed E-state index contributed by atoms with van der Waals surface area (Å²) in [4.78, 5) is 29.6. The molecule has 6 aromatic rings. The van der Waals surface area contributed by atoms with Crippen molar-refractivity contribution < 1.29 is 19.0 Å². The average Bonchev–Trinajstić information content (AvgIpc) is 3.20. The van der Waals surface area contributed by atoms with E-state index >= 15 is 0 Å². The van der Waals surface area contributed by atoms with Gasteiger partial charge in [-0.15, -0.1) is 0 Å². The lowest BCUT2D eigenvalue weighted by Crippen LogP contribution is -2.49. The first-order chi connectivity index (χ1) is 25.9. The van der Waals surface area contributed by atoms with Gasteiger partial charge < -0.3 is 14.7 Å². The molecule has 8 nitrogen and oxygen atoms in total. The standard InChI is InChI=1S/C44H41FN4O4/c1-2-36(31-8-4-3-5-9-31)42(32-13-17-34(50)18-14-32)33-15-19-35(20-16-33)53-27-26-48-22-24-49(25-23-48)44(52)39-28-30(12-21-40(39)45)29-41-37-10-6-7-11-38(37)43(51)47-46-41/h3-21,28,50H,2,22-27,29H2,1H3,(H,47,51)/b42-36-. The smallest absolute Gasteiger partial charge is 0.272 e. The molecule has 0 saturated carbocycles. The van der Waals surface area contributed by atoms with E-state index in [2.05, 4.69) is 46.3 Å². The largest absolute Gasteiger partial charge is 0.508 e. The first kappa shape index (κ1) is 35.3. The number of allylic oxidation sites excluding steroid dienone is 1. The number of hydrogen-bond donors (Lipinski definition) is 2. The SMILES string of the molecule is CC/C(=C(\c1ccc(O)cc1)c1ccc(OCCN2CCN(C(=O)c3cc(Cc4n[nH]c(=O)c5ccccc45)ccc3F)CC2)cc1)c1ccccc1. The Hall–Kier alpha value is -6.06. The van der Waals surface area contributed by atoms with E-state index in [1.807, 2.05) is 54.6 Å². The van der Waals surface area contributed by atoms with Crippen LogP contribution >= 0.6 is 0 Å². The zero-order valence-corrected chi connectivity index (χ0v) is 29.6. The number of halogens is 1. The number of aromatic nitrogens is 2. The summed E-state index contributed by atoms with van der Waals surface area (Å²) in [6.45, 7) is 5.62. The summed E-state index contributed by atoms with van der Waals surface area (Å²) in [5, 5.41) is 18.0. The number of aromatic hydroxyl groups is 1. The van der Waals surface area contributed by atoms with Gasteiger partial charge >= 0.3 is 0 Å². The Morgan fingerprint density at radius 2 is 1.47 bits per heavy atom. The number of carbonyl (C=O) groups excluding carboxylic acids is 1. The molecule has 0 radical (unpaired) electrons. The molecule has 5 aromatic carbocycles. The summed E-state index contributed by atoms with van der Waals surface area (Å²) in [6.07, 6.45) is 1.18. The second-order valence-electron chi connectivity index (χ2n) is 13.2. The van der Waals surface area contributed by atoms with Gasteiger partial charge in [0.05, 0.1) is 16.6 Å². The second-order valence-corrected chi connectivity index (χ2v) is 13.2. The van der Waals surface area contributed by atoms with E-state index < -0.39 is 5.82 Å². The van der Waals surface area contributed by atoms with Crippen molar-refractivity contribution in [2.75, 3.05) is 39.3 Å². The van der Waals surface area contributed by atoms with Gasteiger partial charge in [-0.05, 0) is 82.3 Å². The van der Waals surface area contributed by atoms with Crippen LogP contribution in [0.3, 0.4) is 0 Å². The van der Waals surface area contributed by atoms with Gasteiger partial charge in [-0.25, -0.2) is 9.49 Å². The first-order valence-corrected chi connectivity index (χ1v) is 18.0. The number of carbonyl (C=O) groups is 1. The van der Waals surface area contributed by atoms with Crippen LogP contribution in [0.2, 0.25) is 0 Å². The maximum absolute atomic E-state index is 15.0. The number of benzene rings is 5. The lowest BCUT2D eigenvalue weighted by Gasteiger charge is -2.34. The number of hydrogen-bond acceptors (Lipinski definition) is 6. The third kappa shape index (κ3) is 8.05. The predicted octanol–water partition coefficient (Wildman–Crippen LogP) is 7.56. The molecule has 1 amide bonds. The summed E-state index contributed by atoms with van der Waals surface area (Å²) in [5.41, 5.74) is 6.74. The zero-order valence-electron chi connectivity index (χ0n) is 29.6. The number of ether oxygens (including phenoxy) is 1. The molecule has 0 aliphatic carbocycles. The molecule has 1 saturated heterocycles. The Labute approximate surface area is 307 Å². The molecule has 2 N–H and O–H groups in total. The molecule has 0 bridgehead atoms. The molecular formula is C44H41FN4O4. The van der Waals surface area contributed by atoms with Gasteiger partial charge in [0, 0.05) is 44.5 Å². The van der Waals surface area contributed by atoms with Gasteiger partial charge in [-0.3, -0.25) is 14.5 Å². The van der Waals surface area contributed by atoms with Crippen molar-refractivity contribution in [3.63, 3.8) is 0 Å². The fraction of sp³-hybridized carbons (Fsp3) is 0.205. The number of fused-ring (bicyclic) bond motifs is 1. The molecule has 1 aliphatic rings. The van der Waals surface area contributed by atoms with Crippen molar-refractivity contribution in [3.05, 3.63) is 171 Å². The van der Waals surface area contributed by atoms with Crippen LogP contribution in [0.5, 0.6) is 11.5 Å². The van der Waals surface area contributed by atoms with Crippen molar-refractivity contribution in [2.24, 2.45) is 0 Å². The molecule has 7 rings (SSSR count). The van der Waals surface area contributed by atoms with Crippen molar-refractivity contribution in [3.8, 4) is 11.5 Å². The third-order valence-corrected chi connectivity index (χ3v) is 9.82. The topological polar surface area (TPSA) is 98.8 Å². The van der Waals surface area contributed by atoms with E-state index in [0.29, 0.717) is 56.8 Å². The zero-order chi connectivity index (χ0) is 36.7. The average molecular weight is 709 g/mol. The predicted molar refractivity (Wildman–Crippen MR) is 207 cm³/mol. The van der Waals surface area contributed by atoms with Gasteiger partial charge in [0.25, 0.3) is 11.5 Å². The molecular weight excluding hydrogens is 668 g/mol. The molecule has 268 valence electrons. The van der Waals surface area contributed by atoms with Crippen molar-refractivity contribution in [2.45, 2.75) is 19.8 Å². The minimum atomic E-state index is -0.559. The number of phenolic OH excluding ortho intramolecular Hbond substituents is 1. The van der Waals surface area contributed by atoms with Crippen LogP contribution in [0, 0.1) is 5.82 Å². The molecule has 53 heavy (non-hydrogen) atoms. The summed E-state index contributed by atoms with van der Waals surface area (Å²) < 4.78 is 21.1. The van der Waals surface area contributed by atoms with Crippen LogP contribution in [-0.2, 0) is 6.42 Å². The Morgan fingerprint density at radius 3 is 2.17 bits per heavy atom. The van der Waals surface area contributed by atoms with Gasteiger partial charge in [-0.1, -0.05) is 85.8 Å². The minimum Gasteiger partial charge on any atom is -0.508 e. The number of rotatable bonds is 11. The van der Waals surface area contributed by atoms with Crippen LogP contribution in [0.15, 0.2) is 126 Å². The third-order valence-electron chi connectivity index (χ3n) is 9.82. The normalized spacial score (nSPS) is 13.9. The van der Waals surface area contributed by atoms with E-state index in [4.69, 9.17) is 4.74 Å². The molecule has 0 unspecified atom stereocenters. The van der Waals surface area contributed by atoms with Crippen LogP contribution in [0.25, 0.3) is 21.9 Å². The fourth-order valence-electron chi connectivity index (χ4n) is 7.01. The molecule has 9 heteroatoms. The number of nitrogens with zero attached hydrogens (tertiary/aromatic N) is 3. The Balaban J connectivity index is 0.953. The van der Waals surface area contributed by atoms with E-state index in [-0.39, 0.29) is 22.8 Å². The second kappa shape index (κ2) is 16.1. The van der Waals surface area contributed by atoms with Gasteiger partial charge in [0.15, 0.2) is 0 Å². The highest BCUT2D eigenvalue weighted by Gasteiger charge is 2.25. The van der Waals surface area contributed by atoms with Crippen molar-refractivity contribution >= 4 is 27.8 Å². The molecule has 1 fully saturated rings. The van der Waals surface area contributed by atoms with Crippen molar-refractivity contribution in [1.82, 2.24) is 20.0 Å². The monoisotopic (exact) mass is 708 g/mol. The number of nitrogens with one attached hydrogen (secondary N) is 1. The minimum absolute atomic E-state index is 0.0368. The summed E-state index contributed by atoms with van der Waals surface area (Å²) in [6, 6.07) is 37.6. The summed E-state index contributed by atoms with van der Waals surface area (Å²) in [5.74, 6) is 0.107. The molecule has 1 aliphatic heterocycles. The first-order valence-electron chi connectivity index (χ1n) is 18.0. The summed E-state index contributed by atoms with van der Waals surface area (Å²) in [7, 11) is 0. The van der Waals surface area contributed by atoms with Crippen LogP contribution in [0.4, 0.5) is 4.39 Å². The molecule has 0 spiro atoms. The van der Waals surface area contributed by atoms with Gasteiger partial charge in [0.1, 0.15) is 23.9 Å². The molecule has 0 atom stereocenters. The van der Waals surface area contributed by atoms with E-state index in [1.165, 1.54) is 11.6 Å². The highest BCUT2D eigenvalue weighted by Crippen LogP contribution is 2.35. The Bertz CT molecular complexity index is 2300. The maximum atomic E-state index is 15.0. The molecule has 1 aromatic heterocycles. The number of H-pyrrole nitrogens is 1. The van der Waals surface area contributed by atoms with Crippen LogP contribution in [-0.4, -0.2) is 70.3 Å². The summed E-state index contributed by atoms with van der Waals surface area (Å²) >= 11 is 0. The number of piperazine rings is 1. The lowest BCUT2D eigenvalue weighted by atomic mass is 9.88. The number of aromatic amines is 1. The van der Waals surface area contributed by atoms with E-state index in [9.17, 15) is 19.1 Å². The lowest BCUT2D eigenvalue weighted by molar-refractivity contribution is 0.0615. The highest BCUT2D eigenvalue weighted by molar-refractivity contribution is 5.98. The molecule has 2 heterocycles. The number of amides is 1. The maximum Gasteiger partial charge on any atom is 0.272 e. The van der Waals surface area contributed by atoms with Crippen LogP contribution in [0.1, 0.15) is 51.7 Å². The van der Waals surface area contributed by atoms with Gasteiger partial charge in [-0.2, -0.15) is 5.10 Å². The van der Waals surface area contributed by atoms with Crippen LogP contribution < -0.4 is 10.3 Å². The number of phenols is 1. The van der Waals surface area contributed by atoms with Crippen molar-refractivity contribution in [1.29, 1.82) is 0 Å². The Kier molecular flexibility index (Phi) is 10.7.